The van der Waals surface area contributed by atoms with Gasteiger partial charge in [-0.3, -0.25) is 18.8 Å². The van der Waals surface area contributed by atoms with Crippen LogP contribution in [-0.4, -0.2) is 36.7 Å². The van der Waals surface area contributed by atoms with Gasteiger partial charge in [0, 0.05) is 36.3 Å². The lowest BCUT2D eigenvalue weighted by molar-refractivity contribution is -0.132. The van der Waals surface area contributed by atoms with Crippen molar-refractivity contribution in [3.05, 3.63) is 67.7 Å². The lowest BCUT2D eigenvalue weighted by Gasteiger charge is -2.22. The Balaban J connectivity index is 1.45. The minimum Gasteiger partial charge on any atom is -0.337 e. The molecule has 0 bridgehead atoms. The lowest BCUT2D eigenvalue weighted by Crippen LogP contribution is -2.33. The summed E-state index contributed by atoms with van der Waals surface area (Å²) in [7, 11) is 1.75. The maximum absolute atomic E-state index is 13.0. The number of thiophene rings is 2. The number of carbonyl (C=O) groups excluding carboxylic acids is 1. The van der Waals surface area contributed by atoms with Gasteiger partial charge < -0.3 is 4.90 Å². The summed E-state index contributed by atoms with van der Waals surface area (Å²) >= 11 is 3.35. The van der Waals surface area contributed by atoms with Gasteiger partial charge >= 0.3 is 0 Å². The SMILES string of the molecule is Cn1ncc2c(=O)n(CCC(=O)N(CCc3cccs3)Cc3cccs3)cnc21. The van der Waals surface area contributed by atoms with E-state index in [9.17, 15) is 9.59 Å². The molecule has 7 nitrogen and oxygen atoms in total. The quantitative estimate of drug-likeness (QED) is 0.433. The second kappa shape index (κ2) is 8.71. The van der Waals surface area contributed by atoms with E-state index in [0.717, 1.165) is 11.3 Å². The van der Waals surface area contributed by atoms with Gasteiger partial charge in [-0.05, 0) is 29.3 Å². The molecule has 29 heavy (non-hydrogen) atoms. The molecule has 0 saturated heterocycles. The summed E-state index contributed by atoms with van der Waals surface area (Å²) in [4.78, 5) is 34.2. The van der Waals surface area contributed by atoms with E-state index in [-0.39, 0.29) is 17.9 Å². The average molecular weight is 428 g/mol. The molecule has 0 aliphatic rings. The fraction of sp³-hybridized carbons (Fsp3) is 0.300. The van der Waals surface area contributed by atoms with Crippen LogP contribution in [0.15, 0.2) is 52.3 Å². The van der Waals surface area contributed by atoms with Crippen molar-refractivity contribution in [3.63, 3.8) is 0 Å². The number of hydrogen-bond donors (Lipinski definition) is 0. The molecule has 4 rings (SSSR count). The van der Waals surface area contributed by atoms with Crippen molar-refractivity contribution >= 4 is 39.6 Å². The molecule has 4 heterocycles. The van der Waals surface area contributed by atoms with Crippen LogP contribution in [-0.2, 0) is 31.4 Å². The van der Waals surface area contributed by atoms with Crippen LogP contribution in [0, 0.1) is 0 Å². The average Bonchev–Trinajstić information content (AvgIpc) is 3.47. The third kappa shape index (κ3) is 4.46. The van der Waals surface area contributed by atoms with E-state index in [4.69, 9.17) is 0 Å². The van der Waals surface area contributed by atoms with Crippen LogP contribution in [0.5, 0.6) is 0 Å². The largest absolute Gasteiger partial charge is 0.337 e. The van der Waals surface area contributed by atoms with Crippen molar-refractivity contribution in [1.29, 1.82) is 0 Å². The number of carbonyl (C=O) groups is 1. The van der Waals surface area contributed by atoms with Crippen LogP contribution >= 0.6 is 22.7 Å². The molecule has 0 fully saturated rings. The molecular weight excluding hydrogens is 406 g/mol. The molecule has 0 aliphatic heterocycles. The minimum atomic E-state index is -0.167. The number of aryl methyl sites for hydroxylation is 2. The number of hydrogen-bond acceptors (Lipinski definition) is 6. The van der Waals surface area contributed by atoms with E-state index in [2.05, 4.69) is 21.5 Å². The summed E-state index contributed by atoms with van der Waals surface area (Å²) < 4.78 is 3.06. The molecule has 0 radical (unpaired) electrons. The number of amides is 1. The summed E-state index contributed by atoms with van der Waals surface area (Å²) in [6.07, 6.45) is 4.10. The maximum atomic E-state index is 13.0. The summed E-state index contributed by atoms with van der Waals surface area (Å²) in [6, 6.07) is 8.16. The highest BCUT2D eigenvalue weighted by molar-refractivity contribution is 7.10. The second-order valence-electron chi connectivity index (χ2n) is 6.72. The van der Waals surface area contributed by atoms with E-state index in [1.807, 2.05) is 28.5 Å². The Morgan fingerprint density at radius 1 is 1.17 bits per heavy atom. The van der Waals surface area contributed by atoms with Crippen LogP contribution in [0.3, 0.4) is 0 Å². The zero-order valence-electron chi connectivity index (χ0n) is 16.0. The van der Waals surface area contributed by atoms with Gasteiger partial charge in [-0.15, -0.1) is 22.7 Å². The van der Waals surface area contributed by atoms with Crippen molar-refractivity contribution in [3.8, 4) is 0 Å². The Morgan fingerprint density at radius 3 is 2.66 bits per heavy atom. The predicted molar refractivity (Wildman–Crippen MR) is 115 cm³/mol. The molecule has 1 amide bonds. The van der Waals surface area contributed by atoms with Gasteiger partial charge in [0.25, 0.3) is 5.56 Å². The first kappa shape index (κ1) is 19.5. The minimum absolute atomic E-state index is 0.0353. The normalized spacial score (nSPS) is 11.2. The van der Waals surface area contributed by atoms with Gasteiger partial charge in [0.15, 0.2) is 5.65 Å². The molecule has 4 aromatic rings. The van der Waals surface area contributed by atoms with Crippen LogP contribution in [0.1, 0.15) is 16.2 Å². The molecule has 150 valence electrons. The van der Waals surface area contributed by atoms with E-state index >= 15 is 0 Å². The fourth-order valence-corrected chi connectivity index (χ4v) is 4.60. The molecule has 0 spiro atoms. The second-order valence-corrected chi connectivity index (χ2v) is 8.79. The molecular formula is C20H21N5O2S2. The Labute approximate surface area is 175 Å². The molecule has 0 unspecified atom stereocenters. The highest BCUT2D eigenvalue weighted by atomic mass is 32.1. The zero-order valence-corrected chi connectivity index (χ0v) is 17.7. The lowest BCUT2D eigenvalue weighted by atomic mass is 10.2. The standard InChI is InChI=1S/C20H21N5O2S2/c1-23-19-17(12-22-23)20(27)25(14-21-19)9-7-18(26)24(13-16-5-3-11-29-16)8-6-15-4-2-10-28-15/h2-5,10-12,14H,6-9,13H2,1H3. The number of aromatic nitrogens is 4. The third-order valence-electron chi connectivity index (χ3n) is 4.77. The van der Waals surface area contributed by atoms with Crippen molar-refractivity contribution in [2.75, 3.05) is 6.54 Å². The van der Waals surface area contributed by atoms with E-state index in [1.54, 1.807) is 34.4 Å². The number of rotatable bonds is 8. The molecule has 0 N–H and O–H groups in total. The third-order valence-corrected chi connectivity index (χ3v) is 6.57. The van der Waals surface area contributed by atoms with E-state index in [0.29, 0.717) is 30.7 Å². The van der Waals surface area contributed by atoms with Crippen LogP contribution < -0.4 is 5.56 Å². The van der Waals surface area contributed by atoms with Crippen molar-refractivity contribution in [2.24, 2.45) is 7.05 Å². The first-order valence-corrected chi connectivity index (χ1v) is 11.1. The summed E-state index contributed by atoms with van der Waals surface area (Å²) in [5.41, 5.74) is 0.382. The van der Waals surface area contributed by atoms with E-state index in [1.165, 1.54) is 22.0 Å². The van der Waals surface area contributed by atoms with Crippen LogP contribution in [0.2, 0.25) is 0 Å². The Hall–Kier alpha value is -2.78. The van der Waals surface area contributed by atoms with Crippen LogP contribution in [0.25, 0.3) is 11.0 Å². The topological polar surface area (TPSA) is 73.0 Å². The van der Waals surface area contributed by atoms with Gasteiger partial charge in [0.2, 0.25) is 5.91 Å². The first-order valence-electron chi connectivity index (χ1n) is 9.31. The van der Waals surface area contributed by atoms with Gasteiger partial charge in [0.05, 0.1) is 19.1 Å². The molecule has 0 aliphatic carbocycles. The van der Waals surface area contributed by atoms with Gasteiger partial charge in [-0.2, -0.15) is 5.10 Å². The zero-order chi connectivity index (χ0) is 20.2. The van der Waals surface area contributed by atoms with Crippen molar-refractivity contribution in [1.82, 2.24) is 24.2 Å². The molecule has 0 atom stereocenters. The summed E-state index contributed by atoms with van der Waals surface area (Å²) in [5, 5.41) is 8.62. The van der Waals surface area contributed by atoms with E-state index < -0.39 is 0 Å². The fourth-order valence-electron chi connectivity index (χ4n) is 3.18. The van der Waals surface area contributed by atoms with Crippen molar-refractivity contribution in [2.45, 2.75) is 25.9 Å². The van der Waals surface area contributed by atoms with Crippen LogP contribution in [0.4, 0.5) is 0 Å². The maximum Gasteiger partial charge on any atom is 0.264 e. The highest BCUT2D eigenvalue weighted by Gasteiger charge is 2.16. The molecule has 9 heteroatoms. The summed E-state index contributed by atoms with van der Waals surface area (Å²) in [5.74, 6) is 0.0353. The molecule has 0 aromatic carbocycles. The molecule has 4 aromatic heterocycles. The highest BCUT2D eigenvalue weighted by Crippen LogP contribution is 2.15. The number of nitrogens with zero attached hydrogens (tertiary/aromatic N) is 5. The smallest absolute Gasteiger partial charge is 0.264 e. The predicted octanol–water partition coefficient (Wildman–Crippen LogP) is 2.91. The summed E-state index contributed by atoms with van der Waals surface area (Å²) in [6.45, 7) is 1.55. The van der Waals surface area contributed by atoms with Gasteiger partial charge in [-0.25, -0.2) is 4.98 Å². The monoisotopic (exact) mass is 427 g/mol. The number of fused-ring (bicyclic) bond motifs is 1. The molecule has 0 saturated carbocycles. The Kier molecular flexibility index (Phi) is 5.86. The first-order chi connectivity index (χ1) is 14.1. The Morgan fingerprint density at radius 2 is 1.93 bits per heavy atom. The van der Waals surface area contributed by atoms with Crippen molar-refractivity contribution < 1.29 is 4.79 Å². The van der Waals surface area contributed by atoms with Gasteiger partial charge in [0.1, 0.15) is 5.39 Å². The van der Waals surface area contributed by atoms with Gasteiger partial charge in [-0.1, -0.05) is 12.1 Å². The Bertz CT molecular complexity index is 1150.